The first-order valence-corrected chi connectivity index (χ1v) is 4.62. The molecule has 0 radical (unpaired) electrons. The largest absolute Gasteiger partial charge is 0.384 e. The molecule has 0 aliphatic rings. The van der Waals surface area contributed by atoms with E-state index < -0.39 is 0 Å². The van der Waals surface area contributed by atoms with E-state index in [2.05, 4.69) is 9.97 Å². The minimum atomic E-state index is 0.429. The van der Waals surface area contributed by atoms with Gasteiger partial charge >= 0.3 is 0 Å². The molecule has 0 spiro atoms. The molecule has 0 amide bonds. The first kappa shape index (κ1) is 9.45. The summed E-state index contributed by atoms with van der Waals surface area (Å²) >= 11 is 0. The van der Waals surface area contributed by atoms with Crippen LogP contribution in [0.2, 0.25) is 0 Å². The van der Waals surface area contributed by atoms with Crippen molar-refractivity contribution in [3.8, 4) is 11.1 Å². The van der Waals surface area contributed by atoms with Crippen LogP contribution in [-0.2, 0) is 0 Å². The molecule has 0 aliphatic carbocycles. The second-order valence-corrected chi connectivity index (χ2v) is 3.31. The van der Waals surface area contributed by atoms with Crippen molar-refractivity contribution < 1.29 is 0 Å². The summed E-state index contributed by atoms with van der Waals surface area (Å²) < 4.78 is 0. The Labute approximate surface area is 88.0 Å². The fraction of sp³-hybridized carbons (Fsp3) is 0.0909. The summed E-state index contributed by atoms with van der Waals surface area (Å²) in [5.41, 5.74) is 14.1. The molecule has 4 nitrogen and oxygen atoms in total. The van der Waals surface area contributed by atoms with E-state index in [-0.39, 0.29) is 0 Å². The van der Waals surface area contributed by atoms with Gasteiger partial charge in [-0.2, -0.15) is 0 Å². The van der Waals surface area contributed by atoms with Crippen molar-refractivity contribution in [1.29, 1.82) is 0 Å². The summed E-state index contributed by atoms with van der Waals surface area (Å²) in [5, 5.41) is 0. The number of nitrogen functional groups attached to an aromatic ring is 2. The molecule has 2 aromatic rings. The lowest BCUT2D eigenvalue weighted by molar-refractivity contribution is 1.20. The van der Waals surface area contributed by atoms with Gasteiger partial charge in [-0.25, -0.2) is 4.98 Å². The molecule has 0 unspecified atom stereocenters. The zero-order chi connectivity index (χ0) is 10.8. The van der Waals surface area contributed by atoms with E-state index in [1.807, 2.05) is 25.1 Å². The lowest BCUT2D eigenvalue weighted by Gasteiger charge is -2.07. The second kappa shape index (κ2) is 3.57. The van der Waals surface area contributed by atoms with Gasteiger partial charge in [0.25, 0.3) is 0 Å². The highest BCUT2D eigenvalue weighted by Crippen LogP contribution is 2.26. The first-order chi connectivity index (χ1) is 7.18. The van der Waals surface area contributed by atoms with E-state index in [0.29, 0.717) is 11.6 Å². The summed E-state index contributed by atoms with van der Waals surface area (Å²) in [7, 11) is 0. The van der Waals surface area contributed by atoms with Crippen LogP contribution in [0.15, 0.2) is 30.5 Å². The molecule has 15 heavy (non-hydrogen) atoms. The Hall–Kier alpha value is -2.10. The Morgan fingerprint density at radius 1 is 1.07 bits per heavy atom. The van der Waals surface area contributed by atoms with Gasteiger partial charge in [-0.1, -0.05) is 6.07 Å². The van der Waals surface area contributed by atoms with Crippen LogP contribution in [-0.4, -0.2) is 9.97 Å². The SMILES string of the molecule is Cc1ncccc1-c1ccc(N)nc1N. The highest BCUT2D eigenvalue weighted by atomic mass is 14.9. The number of hydrogen-bond donors (Lipinski definition) is 2. The van der Waals surface area contributed by atoms with E-state index >= 15 is 0 Å². The van der Waals surface area contributed by atoms with Crippen LogP contribution < -0.4 is 11.5 Å². The minimum Gasteiger partial charge on any atom is -0.384 e. The van der Waals surface area contributed by atoms with Crippen LogP contribution >= 0.6 is 0 Å². The molecule has 0 bridgehead atoms. The predicted molar refractivity (Wildman–Crippen MR) is 61.0 cm³/mol. The normalized spacial score (nSPS) is 10.2. The number of aromatic nitrogens is 2. The average molecular weight is 200 g/mol. The van der Waals surface area contributed by atoms with E-state index in [9.17, 15) is 0 Å². The Kier molecular flexibility index (Phi) is 2.25. The van der Waals surface area contributed by atoms with Crippen LogP contribution in [0.1, 0.15) is 5.69 Å². The maximum Gasteiger partial charge on any atom is 0.133 e. The Morgan fingerprint density at radius 2 is 1.87 bits per heavy atom. The Balaban J connectivity index is 2.60. The van der Waals surface area contributed by atoms with Gasteiger partial charge < -0.3 is 11.5 Å². The van der Waals surface area contributed by atoms with Crippen LogP contribution in [0.5, 0.6) is 0 Å². The molecule has 0 atom stereocenters. The van der Waals surface area contributed by atoms with Gasteiger partial charge in [0, 0.05) is 23.0 Å². The van der Waals surface area contributed by atoms with Crippen molar-refractivity contribution in [1.82, 2.24) is 9.97 Å². The Morgan fingerprint density at radius 3 is 2.53 bits per heavy atom. The highest BCUT2D eigenvalue weighted by molar-refractivity contribution is 5.76. The van der Waals surface area contributed by atoms with Gasteiger partial charge in [0.05, 0.1) is 0 Å². The average Bonchev–Trinajstić information content (AvgIpc) is 2.20. The van der Waals surface area contributed by atoms with E-state index in [1.165, 1.54) is 0 Å². The standard InChI is InChI=1S/C11H12N4/c1-7-8(3-2-6-14-7)9-4-5-10(12)15-11(9)13/h2-6H,1H3,(H4,12,13,15). The molecule has 0 saturated carbocycles. The molecule has 76 valence electrons. The van der Waals surface area contributed by atoms with Crippen LogP contribution in [0.3, 0.4) is 0 Å². The van der Waals surface area contributed by atoms with Crippen molar-refractivity contribution >= 4 is 11.6 Å². The first-order valence-electron chi connectivity index (χ1n) is 4.62. The summed E-state index contributed by atoms with van der Waals surface area (Å²) in [4.78, 5) is 8.22. The maximum atomic E-state index is 5.80. The van der Waals surface area contributed by atoms with Crippen LogP contribution in [0, 0.1) is 6.92 Å². The molecule has 0 aliphatic heterocycles. The fourth-order valence-corrected chi connectivity index (χ4v) is 1.49. The van der Waals surface area contributed by atoms with E-state index in [0.717, 1.165) is 16.8 Å². The molecule has 0 fully saturated rings. The summed E-state index contributed by atoms with van der Waals surface area (Å²) in [6.45, 7) is 1.94. The summed E-state index contributed by atoms with van der Waals surface area (Å²) in [6, 6.07) is 7.43. The van der Waals surface area contributed by atoms with Crippen molar-refractivity contribution in [2.24, 2.45) is 0 Å². The van der Waals surface area contributed by atoms with Crippen molar-refractivity contribution in [2.75, 3.05) is 11.5 Å². The third kappa shape index (κ3) is 1.74. The number of nitrogens with two attached hydrogens (primary N) is 2. The third-order valence-corrected chi connectivity index (χ3v) is 2.24. The molecular formula is C11H12N4. The van der Waals surface area contributed by atoms with Gasteiger partial charge in [-0.05, 0) is 25.1 Å². The lowest BCUT2D eigenvalue weighted by Crippen LogP contribution is -1.99. The summed E-state index contributed by atoms with van der Waals surface area (Å²) in [5.74, 6) is 0.865. The third-order valence-electron chi connectivity index (χ3n) is 2.24. The topological polar surface area (TPSA) is 77.8 Å². The fourth-order valence-electron chi connectivity index (χ4n) is 1.49. The molecule has 4 N–H and O–H groups in total. The van der Waals surface area contributed by atoms with Gasteiger partial charge in [0.1, 0.15) is 11.6 Å². The number of hydrogen-bond acceptors (Lipinski definition) is 4. The van der Waals surface area contributed by atoms with Crippen LogP contribution in [0.25, 0.3) is 11.1 Å². The van der Waals surface area contributed by atoms with Crippen molar-refractivity contribution in [2.45, 2.75) is 6.92 Å². The minimum absolute atomic E-state index is 0.429. The molecular weight excluding hydrogens is 188 g/mol. The quantitative estimate of drug-likeness (QED) is 0.733. The second-order valence-electron chi connectivity index (χ2n) is 3.31. The zero-order valence-corrected chi connectivity index (χ0v) is 8.44. The monoisotopic (exact) mass is 200 g/mol. The number of rotatable bonds is 1. The number of nitrogens with zero attached hydrogens (tertiary/aromatic N) is 2. The smallest absolute Gasteiger partial charge is 0.133 e. The predicted octanol–water partition coefficient (Wildman–Crippen LogP) is 1.62. The number of anilines is 2. The van der Waals surface area contributed by atoms with Gasteiger partial charge in [-0.15, -0.1) is 0 Å². The van der Waals surface area contributed by atoms with Gasteiger partial charge in [0.15, 0.2) is 0 Å². The molecule has 0 aromatic carbocycles. The molecule has 2 aromatic heterocycles. The number of pyridine rings is 2. The van der Waals surface area contributed by atoms with Gasteiger partial charge in [0.2, 0.25) is 0 Å². The molecule has 2 rings (SSSR count). The van der Waals surface area contributed by atoms with Gasteiger partial charge in [-0.3, -0.25) is 4.98 Å². The molecule has 0 saturated heterocycles. The van der Waals surface area contributed by atoms with Crippen molar-refractivity contribution in [3.63, 3.8) is 0 Å². The Bertz CT molecular complexity index is 494. The molecule has 2 heterocycles. The van der Waals surface area contributed by atoms with E-state index in [4.69, 9.17) is 11.5 Å². The summed E-state index contributed by atoms with van der Waals surface area (Å²) in [6.07, 6.45) is 1.75. The maximum absolute atomic E-state index is 5.80. The number of aryl methyl sites for hydroxylation is 1. The van der Waals surface area contributed by atoms with Crippen molar-refractivity contribution in [3.05, 3.63) is 36.2 Å². The lowest BCUT2D eigenvalue weighted by atomic mass is 10.1. The van der Waals surface area contributed by atoms with E-state index in [1.54, 1.807) is 12.3 Å². The van der Waals surface area contributed by atoms with Crippen LogP contribution in [0.4, 0.5) is 11.6 Å². The molecule has 4 heteroatoms. The zero-order valence-electron chi connectivity index (χ0n) is 8.44. The highest BCUT2D eigenvalue weighted by Gasteiger charge is 2.06.